The van der Waals surface area contributed by atoms with Gasteiger partial charge in [-0.15, -0.1) is 5.10 Å². The molecule has 0 saturated heterocycles. The molecule has 0 aliphatic rings. The lowest BCUT2D eigenvalue weighted by Gasteiger charge is -2.17. The smallest absolute Gasteiger partial charge is 0.241 e. The van der Waals surface area contributed by atoms with Crippen LogP contribution in [0.3, 0.4) is 0 Å². The first kappa shape index (κ1) is 16.6. The van der Waals surface area contributed by atoms with Crippen LogP contribution in [0.4, 0.5) is 0 Å². The van der Waals surface area contributed by atoms with Gasteiger partial charge in [0.1, 0.15) is 11.3 Å². The molecule has 0 N–H and O–H groups in total. The van der Waals surface area contributed by atoms with Crippen LogP contribution in [-0.2, 0) is 6.54 Å². The molecule has 0 bridgehead atoms. The largest absolute Gasteiger partial charge is 0.480 e. The summed E-state index contributed by atoms with van der Waals surface area (Å²) in [4.78, 5) is 8.22. The summed E-state index contributed by atoms with van der Waals surface area (Å²) in [6.45, 7) is 7.26. The summed E-state index contributed by atoms with van der Waals surface area (Å²) in [5.41, 5.74) is 1.80. The van der Waals surface area contributed by atoms with Crippen molar-refractivity contribution in [2.24, 2.45) is 5.41 Å². The molecule has 0 aliphatic heterocycles. The van der Waals surface area contributed by atoms with Crippen LogP contribution >= 0.6 is 15.9 Å². The van der Waals surface area contributed by atoms with Crippen molar-refractivity contribution in [2.75, 3.05) is 7.11 Å². The fourth-order valence-corrected chi connectivity index (χ4v) is 2.72. The summed E-state index contributed by atoms with van der Waals surface area (Å²) in [5, 5.41) is 8.51. The highest BCUT2D eigenvalue weighted by molar-refractivity contribution is 9.10. The zero-order valence-electron chi connectivity index (χ0n) is 13.9. The van der Waals surface area contributed by atoms with Crippen molar-refractivity contribution >= 4 is 27.0 Å². The Labute approximate surface area is 148 Å². The molecule has 3 rings (SSSR count). The molecule has 3 aromatic rings. The number of ether oxygens (including phenoxy) is 2. The fraction of sp³-hybridized carbons (Fsp3) is 0.375. The van der Waals surface area contributed by atoms with E-state index in [2.05, 4.69) is 57.0 Å². The van der Waals surface area contributed by atoms with E-state index in [0.717, 1.165) is 22.1 Å². The van der Waals surface area contributed by atoms with E-state index in [1.807, 2.05) is 16.8 Å². The fourth-order valence-electron chi connectivity index (χ4n) is 2.22. The SMILES string of the molecule is COc1cncc(Oc2ccc3c(nnn3CC(C)(C)C)c2Br)n1. The van der Waals surface area contributed by atoms with Gasteiger partial charge in [-0.3, -0.25) is 4.98 Å². The number of halogens is 1. The molecule has 0 unspecified atom stereocenters. The van der Waals surface area contributed by atoms with Crippen LogP contribution in [0.2, 0.25) is 0 Å². The second kappa shape index (κ2) is 6.35. The number of nitrogens with zero attached hydrogens (tertiary/aromatic N) is 5. The average Bonchev–Trinajstić information content (AvgIpc) is 2.92. The van der Waals surface area contributed by atoms with Crippen molar-refractivity contribution in [3.8, 4) is 17.5 Å². The lowest BCUT2D eigenvalue weighted by atomic mass is 9.97. The van der Waals surface area contributed by atoms with Crippen molar-refractivity contribution < 1.29 is 9.47 Å². The van der Waals surface area contributed by atoms with Gasteiger partial charge in [0.25, 0.3) is 0 Å². The zero-order chi connectivity index (χ0) is 17.3. The number of hydrogen-bond acceptors (Lipinski definition) is 6. The molecule has 0 radical (unpaired) electrons. The number of aromatic nitrogens is 5. The first-order valence-corrected chi connectivity index (χ1v) is 8.22. The van der Waals surface area contributed by atoms with Gasteiger partial charge in [-0.2, -0.15) is 4.98 Å². The third-order valence-corrected chi connectivity index (χ3v) is 3.99. The molecule has 1 aromatic carbocycles. The van der Waals surface area contributed by atoms with Gasteiger partial charge < -0.3 is 9.47 Å². The lowest BCUT2D eigenvalue weighted by Crippen LogP contribution is -2.16. The van der Waals surface area contributed by atoms with Crippen LogP contribution in [0.1, 0.15) is 20.8 Å². The molecule has 0 spiro atoms. The van der Waals surface area contributed by atoms with Crippen LogP contribution in [0, 0.1) is 5.41 Å². The predicted molar refractivity (Wildman–Crippen MR) is 93.3 cm³/mol. The van der Waals surface area contributed by atoms with E-state index in [4.69, 9.17) is 9.47 Å². The van der Waals surface area contributed by atoms with Crippen LogP contribution in [-0.4, -0.2) is 32.1 Å². The molecule has 24 heavy (non-hydrogen) atoms. The minimum Gasteiger partial charge on any atom is -0.480 e. The first-order valence-electron chi connectivity index (χ1n) is 7.43. The average molecular weight is 392 g/mol. The molecule has 126 valence electrons. The molecule has 0 aliphatic carbocycles. The van der Waals surface area contributed by atoms with E-state index in [9.17, 15) is 0 Å². The van der Waals surface area contributed by atoms with E-state index >= 15 is 0 Å². The summed E-state index contributed by atoms with van der Waals surface area (Å²) >= 11 is 3.55. The molecule has 2 heterocycles. The van der Waals surface area contributed by atoms with Gasteiger partial charge in [0.05, 0.1) is 29.5 Å². The van der Waals surface area contributed by atoms with Gasteiger partial charge in [-0.25, -0.2) is 4.68 Å². The van der Waals surface area contributed by atoms with Crippen molar-refractivity contribution in [3.05, 3.63) is 29.0 Å². The minimum absolute atomic E-state index is 0.110. The van der Waals surface area contributed by atoms with Crippen molar-refractivity contribution in [2.45, 2.75) is 27.3 Å². The maximum absolute atomic E-state index is 5.79. The van der Waals surface area contributed by atoms with Crippen LogP contribution in [0.25, 0.3) is 11.0 Å². The summed E-state index contributed by atoms with van der Waals surface area (Å²) < 4.78 is 13.5. The van der Waals surface area contributed by atoms with Gasteiger partial charge in [0.2, 0.25) is 11.8 Å². The van der Waals surface area contributed by atoms with Crippen LogP contribution in [0.5, 0.6) is 17.5 Å². The van der Waals surface area contributed by atoms with Gasteiger partial charge in [-0.1, -0.05) is 26.0 Å². The van der Waals surface area contributed by atoms with Crippen molar-refractivity contribution in [1.29, 1.82) is 0 Å². The molecule has 0 amide bonds. The quantitative estimate of drug-likeness (QED) is 0.672. The maximum Gasteiger partial charge on any atom is 0.241 e. The van der Waals surface area contributed by atoms with E-state index in [1.54, 1.807) is 0 Å². The summed E-state index contributed by atoms with van der Waals surface area (Å²) in [7, 11) is 1.53. The summed E-state index contributed by atoms with van der Waals surface area (Å²) in [5.74, 6) is 1.32. The monoisotopic (exact) mass is 391 g/mol. The number of benzene rings is 1. The highest BCUT2D eigenvalue weighted by Crippen LogP contribution is 2.35. The van der Waals surface area contributed by atoms with Crippen molar-refractivity contribution in [1.82, 2.24) is 25.0 Å². The second-order valence-electron chi connectivity index (χ2n) is 6.55. The summed E-state index contributed by atoms with van der Waals surface area (Å²) in [6.07, 6.45) is 3.04. The van der Waals surface area contributed by atoms with Crippen LogP contribution < -0.4 is 9.47 Å². The number of rotatable bonds is 4. The Morgan fingerprint density at radius 3 is 2.62 bits per heavy atom. The highest BCUT2D eigenvalue weighted by Gasteiger charge is 2.18. The Balaban J connectivity index is 1.94. The van der Waals surface area contributed by atoms with Gasteiger partial charge in [-0.05, 0) is 33.5 Å². The van der Waals surface area contributed by atoms with E-state index in [0.29, 0.717) is 17.5 Å². The number of hydrogen-bond donors (Lipinski definition) is 0. The Morgan fingerprint density at radius 2 is 1.92 bits per heavy atom. The van der Waals surface area contributed by atoms with Gasteiger partial charge in [0.15, 0.2) is 0 Å². The molecule has 2 aromatic heterocycles. The molecular formula is C16H18BrN5O2. The molecule has 0 fully saturated rings. The third-order valence-electron chi connectivity index (χ3n) is 3.23. The maximum atomic E-state index is 5.79. The van der Waals surface area contributed by atoms with Crippen LogP contribution in [0.15, 0.2) is 29.0 Å². The topological polar surface area (TPSA) is 75.0 Å². The normalized spacial score (nSPS) is 11.7. The van der Waals surface area contributed by atoms with E-state index in [-0.39, 0.29) is 5.41 Å². The minimum atomic E-state index is 0.110. The highest BCUT2D eigenvalue weighted by atomic mass is 79.9. The van der Waals surface area contributed by atoms with Gasteiger partial charge in [0, 0.05) is 6.54 Å². The Kier molecular flexibility index (Phi) is 4.40. The lowest BCUT2D eigenvalue weighted by molar-refractivity contribution is 0.327. The first-order chi connectivity index (χ1) is 11.4. The van der Waals surface area contributed by atoms with E-state index < -0.39 is 0 Å². The Morgan fingerprint density at radius 1 is 1.17 bits per heavy atom. The summed E-state index contributed by atoms with van der Waals surface area (Å²) in [6, 6.07) is 3.80. The van der Waals surface area contributed by atoms with Gasteiger partial charge >= 0.3 is 0 Å². The standard InChI is InChI=1S/C16H18BrN5O2/c1-16(2,3)9-22-10-5-6-11(14(17)15(10)20-21-22)24-13-8-18-7-12(19-13)23-4/h5-8H,9H2,1-4H3. The second-order valence-corrected chi connectivity index (χ2v) is 7.35. The molecule has 0 saturated carbocycles. The number of methoxy groups -OCH3 is 1. The Hall–Kier alpha value is -2.22. The number of fused-ring (bicyclic) bond motifs is 1. The zero-order valence-corrected chi connectivity index (χ0v) is 15.5. The molecular weight excluding hydrogens is 374 g/mol. The third kappa shape index (κ3) is 3.48. The van der Waals surface area contributed by atoms with Crippen molar-refractivity contribution in [3.63, 3.8) is 0 Å². The van der Waals surface area contributed by atoms with E-state index in [1.165, 1.54) is 19.5 Å². The molecule has 7 nitrogen and oxygen atoms in total. The molecule has 0 atom stereocenters. The Bertz CT molecular complexity index is 873. The molecule has 8 heteroatoms. The predicted octanol–water partition coefficient (Wildman–Crippen LogP) is 3.83.